The lowest BCUT2D eigenvalue weighted by atomic mass is 10.3. The minimum absolute atomic E-state index is 0.0513. The highest BCUT2D eigenvalue weighted by Crippen LogP contribution is 2.22. The van der Waals surface area contributed by atoms with Crippen LogP contribution in [0.1, 0.15) is 6.42 Å². The molecule has 0 fully saturated rings. The third kappa shape index (κ3) is 6.72. The van der Waals surface area contributed by atoms with E-state index in [1.807, 2.05) is 0 Å². The number of hydrogen-bond acceptors (Lipinski definition) is 4. The van der Waals surface area contributed by atoms with Crippen LogP contribution in [0.2, 0.25) is 5.02 Å². The van der Waals surface area contributed by atoms with E-state index in [2.05, 4.69) is 5.32 Å². The molecule has 0 aliphatic carbocycles. The summed E-state index contributed by atoms with van der Waals surface area (Å²) in [5.74, 6) is -1.51. The number of esters is 1. The number of carbonyl (C=O) groups excluding carboxylic acids is 2. The standard InChI is InChI=1S/C17H14ClF2NO3S/c18-14-9-12(20)3-6-15(14)21-16(22)10-24-17(23)7-8-25-13-4-1-11(19)2-5-13/h1-6,9H,7-8,10H2,(H,21,22). The minimum atomic E-state index is -0.576. The van der Waals surface area contributed by atoms with Crippen molar-refractivity contribution in [3.63, 3.8) is 0 Å². The van der Waals surface area contributed by atoms with Gasteiger partial charge in [-0.25, -0.2) is 8.78 Å². The molecular formula is C17H14ClF2NO3S. The van der Waals surface area contributed by atoms with E-state index in [-0.39, 0.29) is 22.9 Å². The van der Waals surface area contributed by atoms with Crippen LogP contribution >= 0.6 is 23.4 Å². The van der Waals surface area contributed by atoms with Crippen molar-refractivity contribution in [3.05, 3.63) is 59.1 Å². The van der Waals surface area contributed by atoms with Gasteiger partial charge in [-0.05, 0) is 42.5 Å². The van der Waals surface area contributed by atoms with E-state index < -0.39 is 24.3 Å². The minimum Gasteiger partial charge on any atom is -0.456 e. The quantitative estimate of drug-likeness (QED) is 0.571. The molecule has 1 amide bonds. The van der Waals surface area contributed by atoms with E-state index in [1.165, 1.54) is 30.0 Å². The molecule has 8 heteroatoms. The van der Waals surface area contributed by atoms with Gasteiger partial charge in [0.1, 0.15) is 11.6 Å². The third-order valence-corrected chi connectivity index (χ3v) is 4.28. The van der Waals surface area contributed by atoms with Crippen LogP contribution < -0.4 is 5.32 Å². The van der Waals surface area contributed by atoms with Crippen LogP contribution in [0.25, 0.3) is 0 Å². The predicted molar refractivity (Wildman–Crippen MR) is 92.7 cm³/mol. The fourth-order valence-corrected chi connectivity index (χ4v) is 2.83. The number of thioether (sulfide) groups is 1. The average molecular weight is 386 g/mol. The van der Waals surface area contributed by atoms with Gasteiger partial charge >= 0.3 is 5.97 Å². The zero-order valence-corrected chi connectivity index (χ0v) is 14.5. The Bertz CT molecular complexity index is 756. The molecule has 1 N–H and O–H groups in total. The predicted octanol–water partition coefficient (Wildman–Crippen LogP) is 4.28. The Morgan fingerprint density at radius 3 is 2.44 bits per heavy atom. The van der Waals surface area contributed by atoms with Gasteiger partial charge < -0.3 is 10.1 Å². The van der Waals surface area contributed by atoms with Gasteiger partial charge in [0, 0.05) is 10.6 Å². The summed E-state index contributed by atoms with van der Waals surface area (Å²) in [4.78, 5) is 24.1. The maximum Gasteiger partial charge on any atom is 0.307 e. The van der Waals surface area contributed by atoms with E-state index in [9.17, 15) is 18.4 Å². The van der Waals surface area contributed by atoms with Crippen molar-refractivity contribution >= 4 is 40.9 Å². The van der Waals surface area contributed by atoms with Crippen LogP contribution in [0.5, 0.6) is 0 Å². The van der Waals surface area contributed by atoms with Gasteiger partial charge in [-0.15, -0.1) is 11.8 Å². The molecule has 0 saturated heterocycles. The van der Waals surface area contributed by atoms with E-state index in [0.717, 1.165) is 17.0 Å². The third-order valence-electron chi connectivity index (χ3n) is 2.96. The number of amides is 1. The molecule has 0 unspecified atom stereocenters. The van der Waals surface area contributed by atoms with Gasteiger partial charge in [0.2, 0.25) is 0 Å². The second-order valence-electron chi connectivity index (χ2n) is 4.89. The van der Waals surface area contributed by atoms with Crippen molar-refractivity contribution in [1.82, 2.24) is 0 Å². The fourth-order valence-electron chi connectivity index (χ4n) is 1.78. The number of nitrogens with one attached hydrogen (secondary N) is 1. The molecule has 0 aliphatic heterocycles. The van der Waals surface area contributed by atoms with Gasteiger partial charge in [0.25, 0.3) is 5.91 Å². The van der Waals surface area contributed by atoms with Crippen molar-refractivity contribution in [2.75, 3.05) is 17.7 Å². The summed E-state index contributed by atoms with van der Waals surface area (Å²) in [6, 6.07) is 9.44. The van der Waals surface area contributed by atoms with E-state index in [4.69, 9.17) is 16.3 Å². The number of ether oxygens (including phenoxy) is 1. The Hall–Kier alpha value is -2.12. The van der Waals surface area contributed by atoms with E-state index in [1.54, 1.807) is 12.1 Å². The summed E-state index contributed by atoms with van der Waals surface area (Å²) in [6.45, 7) is -0.465. The first kappa shape index (κ1) is 19.2. The molecule has 4 nitrogen and oxygen atoms in total. The number of rotatable bonds is 7. The summed E-state index contributed by atoms with van der Waals surface area (Å²) in [6.07, 6.45) is 0.104. The first-order valence-corrected chi connectivity index (χ1v) is 8.59. The summed E-state index contributed by atoms with van der Waals surface area (Å²) in [5, 5.41) is 2.48. The Morgan fingerprint density at radius 2 is 1.76 bits per heavy atom. The Kier molecular flexibility index (Phi) is 7.21. The molecule has 0 heterocycles. The van der Waals surface area contributed by atoms with Crippen molar-refractivity contribution in [2.45, 2.75) is 11.3 Å². The molecule has 0 aliphatic rings. The van der Waals surface area contributed by atoms with Crippen LogP contribution in [0.3, 0.4) is 0 Å². The van der Waals surface area contributed by atoms with Crippen molar-refractivity contribution in [1.29, 1.82) is 0 Å². The normalized spacial score (nSPS) is 10.4. The topological polar surface area (TPSA) is 55.4 Å². The molecule has 2 aromatic carbocycles. The summed E-state index contributed by atoms with van der Waals surface area (Å²) < 4.78 is 30.5. The average Bonchev–Trinajstić information content (AvgIpc) is 2.57. The second-order valence-corrected chi connectivity index (χ2v) is 6.46. The first-order chi connectivity index (χ1) is 11.9. The van der Waals surface area contributed by atoms with E-state index >= 15 is 0 Å². The molecule has 0 spiro atoms. The highest BCUT2D eigenvalue weighted by molar-refractivity contribution is 7.99. The van der Waals surface area contributed by atoms with Crippen molar-refractivity contribution in [2.24, 2.45) is 0 Å². The summed E-state index contributed by atoms with van der Waals surface area (Å²) >= 11 is 7.16. The van der Waals surface area contributed by atoms with Crippen molar-refractivity contribution in [3.8, 4) is 0 Å². The van der Waals surface area contributed by atoms with Crippen molar-refractivity contribution < 1.29 is 23.1 Å². The SMILES string of the molecule is O=C(COC(=O)CCSc1ccc(F)cc1)Nc1ccc(F)cc1Cl. The van der Waals surface area contributed by atoms with Gasteiger partial charge in [0.05, 0.1) is 17.1 Å². The molecule has 0 aromatic heterocycles. The Labute approximate surface area is 152 Å². The van der Waals surface area contributed by atoms with Crippen LogP contribution in [0.15, 0.2) is 47.4 Å². The van der Waals surface area contributed by atoms with Gasteiger partial charge in [-0.1, -0.05) is 11.6 Å². The maximum atomic E-state index is 12.9. The zero-order chi connectivity index (χ0) is 18.2. The first-order valence-electron chi connectivity index (χ1n) is 7.23. The maximum absolute atomic E-state index is 12.9. The lowest BCUT2D eigenvalue weighted by Crippen LogP contribution is -2.21. The molecule has 0 bridgehead atoms. The van der Waals surface area contributed by atoms with Gasteiger partial charge in [-0.2, -0.15) is 0 Å². The van der Waals surface area contributed by atoms with Crippen LogP contribution in [0, 0.1) is 11.6 Å². The molecule has 132 valence electrons. The number of anilines is 1. The van der Waals surface area contributed by atoms with Crippen LogP contribution in [0.4, 0.5) is 14.5 Å². The largest absolute Gasteiger partial charge is 0.456 e. The number of halogens is 3. The smallest absolute Gasteiger partial charge is 0.307 e. The Balaban J connectivity index is 1.68. The van der Waals surface area contributed by atoms with Crippen LogP contribution in [-0.2, 0) is 14.3 Å². The Morgan fingerprint density at radius 1 is 1.08 bits per heavy atom. The van der Waals surface area contributed by atoms with E-state index in [0.29, 0.717) is 5.75 Å². The van der Waals surface area contributed by atoms with Crippen LogP contribution in [-0.4, -0.2) is 24.2 Å². The number of benzene rings is 2. The molecule has 25 heavy (non-hydrogen) atoms. The number of hydrogen-bond donors (Lipinski definition) is 1. The fraction of sp³-hybridized carbons (Fsp3) is 0.176. The highest BCUT2D eigenvalue weighted by atomic mass is 35.5. The summed E-state index contributed by atoms with van der Waals surface area (Å²) in [5.41, 5.74) is 0.232. The summed E-state index contributed by atoms with van der Waals surface area (Å²) in [7, 11) is 0. The molecule has 0 radical (unpaired) electrons. The lowest BCUT2D eigenvalue weighted by molar-refractivity contribution is -0.146. The highest BCUT2D eigenvalue weighted by Gasteiger charge is 2.10. The second kappa shape index (κ2) is 9.39. The zero-order valence-electron chi connectivity index (χ0n) is 12.9. The lowest BCUT2D eigenvalue weighted by Gasteiger charge is -2.08. The molecular weight excluding hydrogens is 372 g/mol. The number of carbonyl (C=O) groups is 2. The molecule has 0 saturated carbocycles. The molecule has 0 atom stereocenters. The van der Waals surface area contributed by atoms with Gasteiger partial charge in [-0.3, -0.25) is 9.59 Å². The monoisotopic (exact) mass is 385 g/mol. The molecule has 2 aromatic rings. The van der Waals surface area contributed by atoms with Gasteiger partial charge in [0.15, 0.2) is 6.61 Å². The molecule has 2 rings (SSSR count).